The third kappa shape index (κ3) is 2.90. The molecular formula is C17H20FN3. The Morgan fingerprint density at radius 2 is 2.19 bits per heavy atom. The van der Waals surface area contributed by atoms with Gasteiger partial charge in [-0.1, -0.05) is 25.1 Å². The Morgan fingerprint density at radius 1 is 1.33 bits per heavy atom. The summed E-state index contributed by atoms with van der Waals surface area (Å²) < 4.78 is 13.5. The number of anilines is 2. The lowest BCUT2D eigenvalue weighted by Gasteiger charge is -2.21. The number of nitrogens with one attached hydrogen (secondary N) is 1. The average Bonchev–Trinajstić information content (AvgIpc) is 2.92. The Morgan fingerprint density at radius 3 is 3.05 bits per heavy atom. The molecule has 0 unspecified atom stereocenters. The Balaban J connectivity index is 1.92. The minimum absolute atomic E-state index is 0.278. The second-order valence-corrected chi connectivity index (χ2v) is 5.34. The highest BCUT2D eigenvalue weighted by Crippen LogP contribution is 2.34. The Labute approximate surface area is 124 Å². The molecule has 1 aliphatic heterocycles. The first-order valence-corrected chi connectivity index (χ1v) is 7.50. The van der Waals surface area contributed by atoms with Crippen LogP contribution < -0.4 is 10.2 Å². The topological polar surface area (TPSA) is 28.2 Å². The minimum Gasteiger partial charge on any atom is -0.326 e. The van der Waals surface area contributed by atoms with Gasteiger partial charge in [-0.2, -0.15) is 0 Å². The quantitative estimate of drug-likeness (QED) is 0.853. The highest BCUT2D eigenvalue weighted by molar-refractivity contribution is 5.69. The molecule has 0 fully saturated rings. The molecule has 0 spiro atoms. The summed E-state index contributed by atoms with van der Waals surface area (Å²) in [7, 11) is 0. The van der Waals surface area contributed by atoms with Gasteiger partial charge in [0.05, 0.1) is 6.20 Å². The van der Waals surface area contributed by atoms with Crippen molar-refractivity contribution < 1.29 is 4.39 Å². The fraction of sp³-hybridized carbons (Fsp3) is 0.353. The monoisotopic (exact) mass is 285 g/mol. The molecule has 1 aromatic heterocycles. The third-order valence-corrected chi connectivity index (χ3v) is 3.79. The van der Waals surface area contributed by atoms with E-state index in [0.717, 1.165) is 37.3 Å². The van der Waals surface area contributed by atoms with Gasteiger partial charge in [-0.05, 0) is 37.1 Å². The van der Waals surface area contributed by atoms with Gasteiger partial charge in [-0.3, -0.25) is 0 Å². The van der Waals surface area contributed by atoms with Crippen molar-refractivity contribution in [3.8, 4) is 0 Å². The van der Waals surface area contributed by atoms with Crippen molar-refractivity contribution in [2.75, 3.05) is 18.0 Å². The predicted molar refractivity (Wildman–Crippen MR) is 83.3 cm³/mol. The van der Waals surface area contributed by atoms with Crippen LogP contribution in [0.3, 0.4) is 0 Å². The summed E-state index contributed by atoms with van der Waals surface area (Å²) in [5.41, 5.74) is 3.43. The number of aromatic nitrogens is 1. The molecule has 1 aliphatic rings. The summed E-state index contributed by atoms with van der Waals surface area (Å²) in [4.78, 5) is 6.54. The van der Waals surface area contributed by atoms with Crippen LogP contribution in [0.2, 0.25) is 0 Å². The van der Waals surface area contributed by atoms with Gasteiger partial charge in [-0.15, -0.1) is 0 Å². The Bertz CT molecular complexity index is 627. The number of pyridine rings is 1. The number of hydrogen-bond acceptors (Lipinski definition) is 3. The number of para-hydroxylation sites is 1. The molecule has 3 nitrogen and oxygen atoms in total. The SMILES string of the molecule is CCCNCc1cc(F)cnc1N1CCc2ccccc21. The van der Waals surface area contributed by atoms with Crippen molar-refractivity contribution in [3.05, 3.63) is 53.5 Å². The first-order chi connectivity index (χ1) is 10.3. The van der Waals surface area contributed by atoms with Crippen LogP contribution in [0, 0.1) is 5.82 Å². The van der Waals surface area contributed by atoms with Gasteiger partial charge in [-0.25, -0.2) is 9.37 Å². The molecule has 0 radical (unpaired) electrons. The largest absolute Gasteiger partial charge is 0.326 e. The number of halogens is 1. The fourth-order valence-corrected chi connectivity index (χ4v) is 2.81. The highest BCUT2D eigenvalue weighted by atomic mass is 19.1. The molecule has 0 aliphatic carbocycles. The lowest BCUT2D eigenvalue weighted by Crippen LogP contribution is -2.21. The molecule has 1 aromatic carbocycles. The molecule has 3 rings (SSSR count). The van der Waals surface area contributed by atoms with Gasteiger partial charge in [0, 0.05) is 24.3 Å². The number of hydrogen-bond donors (Lipinski definition) is 1. The van der Waals surface area contributed by atoms with Crippen LogP contribution in [0.4, 0.5) is 15.9 Å². The molecule has 0 amide bonds. The fourth-order valence-electron chi connectivity index (χ4n) is 2.81. The van der Waals surface area contributed by atoms with Crippen molar-refractivity contribution in [2.24, 2.45) is 0 Å². The molecular weight excluding hydrogens is 265 g/mol. The Hall–Kier alpha value is -1.94. The lowest BCUT2D eigenvalue weighted by molar-refractivity contribution is 0.611. The molecule has 1 N–H and O–H groups in total. The first kappa shape index (κ1) is 14.0. The summed E-state index contributed by atoms with van der Waals surface area (Å²) in [6, 6.07) is 9.94. The molecule has 4 heteroatoms. The summed E-state index contributed by atoms with van der Waals surface area (Å²) in [5, 5.41) is 3.33. The third-order valence-electron chi connectivity index (χ3n) is 3.79. The van der Waals surface area contributed by atoms with Gasteiger partial charge in [0.25, 0.3) is 0 Å². The first-order valence-electron chi connectivity index (χ1n) is 7.50. The maximum absolute atomic E-state index is 13.5. The number of fused-ring (bicyclic) bond motifs is 1. The zero-order valence-electron chi connectivity index (χ0n) is 12.3. The molecule has 0 saturated carbocycles. The van der Waals surface area contributed by atoms with E-state index >= 15 is 0 Å². The van der Waals surface area contributed by atoms with Crippen molar-refractivity contribution in [2.45, 2.75) is 26.3 Å². The van der Waals surface area contributed by atoms with E-state index in [1.54, 1.807) is 6.07 Å². The maximum atomic E-state index is 13.5. The summed E-state index contributed by atoms with van der Waals surface area (Å²) in [6.45, 7) is 4.59. The number of benzene rings is 1. The second kappa shape index (κ2) is 6.22. The van der Waals surface area contributed by atoms with E-state index in [4.69, 9.17) is 0 Å². The van der Waals surface area contributed by atoms with Crippen molar-refractivity contribution in [3.63, 3.8) is 0 Å². The zero-order chi connectivity index (χ0) is 14.7. The van der Waals surface area contributed by atoms with Crippen LogP contribution in [0.1, 0.15) is 24.5 Å². The number of nitrogens with zero attached hydrogens (tertiary/aromatic N) is 2. The van der Waals surface area contributed by atoms with Crippen LogP contribution in [0.5, 0.6) is 0 Å². The molecule has 21 heavy (non-hydrogen) atoms. The maximum Gasteiger partial charge on any atom is 0.141 e. The Kier molecular flexibility index (Phi) is 4.15. The van der Waals surface area contributed by atoms with E-state index < -0.39 is 0 Å². The standard InChI is InChI=1S/C17H20FN3/c1-2-8-19-11-14-10-15(18)12-20-17(14)21-9-7-13-5-3-4-6-16(13)21/h3-6,10,12,19H,2,7-9,11H2,1H3. The molecule has 0 saturated heterocycles. The summed E-state index contributed by atoms with van der Waals surface area (Å²) in [5.74, 6) is 0.587. The van der Waals surface area contributed by atoms with Crippen LogP contribution in [-0.4, -0.2) is 18.1 Å². The van der Waals surface area contributed by atoms with E-state index in [-0.39, 0.29) is 5.82 Å². The van der Waals surface area contributed by atoms with Crippen LogP contribution >= 0.6 is 0 Å². The van der Waals surface area contributed by atoms with E-state index in [1.807, 2.05) is 6.07 Å². The van der Waals surface area contributed by atoms with E-state index in [9.17, 15) is 4.39 Å². The molecule has 110 valence electrons. The van der Waals surface area contributed by atoms with Gasteiger partial charge in [0.2, 0.25) is 0 Å². The molecule has 2 heterocycles. The van der Waals surface area contributed by atoms with Crippen molar-refractivity contribution in [1.29, 1.82) is 0 Å². The lowest BCUT2D eigenvalue weighted by atomic mass is 10.2. The smallest absolute Gasteiger partial charge is 0.141 e. The van der Waals surface area contributed by atoms with Crippen molar-refractivity contribution >= 4 is 11.5 Å². The zero-order valence-corrected chi connectivity index (χ0v) is 12.3. The van der Waals surface area contributed by atoms with Crippen LogP contribution in [-0.2, 0) is 13.0 Å². The second-order valence-electron chi connectivity index (χ2n) is 5.34. The van der Waals surface area contributed by atoms with Crippen LogP contribution in [0.15, 0.2) is 36.5 Å². The van der Waals surface area contributed by atoms with Gasteiger partial charge in [0.15, 0.2) is 0 Å². The molecule has 0 bridgehead atoms. The van der Waals surface area contributed by atoms with Gasteiger partial charge < -0.3 is 10.2 Å². The van der Waals surface area contributed by atoms with Crippen molar-refractivity contribution in [1.82, 2.24) is 10.3 Å². The van der Waals surface area contributed by atoms with E-state index in [0.29, 0.717) is 6.54 Å². The highest BCUT2D eigenvalue weighted by Gasteiger charge is 2.23. The van der Waals surface area contributed by atoms with Gasteiger partial charge >= 0.3 is 0 Å². The summed E-state index contributed by atoms with van der Waals surface area (Å²) >= 11 is 0. The minimum atomic E-state index is -0.278. The normalized spacial score (nSPS) is 13.5. The average molecular weight is 285 g/mol. The van der Waals surface area contributed by atoms with Crippen LogP contribution in [0.25, 0.3) is 0 Å². The molecule has 0 atom stereocenters. The number of rotatable bonds is 5. The predicted octanol–water partition coefficient (Wildman–Crippen LogP) is 3.41. The van der Waals surface area contributed by atoms with E-state index in [2.05, 4.69) is 40.3 Å². The molecule has 2 aromatic rings. The summed E-state index contributed by atoms with van der Waals surface area (Å²) in [6.07, 6.45) is 3.38. The van der Waals surface area contributed by atoms with Gasteiger partial charge in [0.1, 0.15) is 11.6 Å². The van der Waals surface area contributed by atoms with E-state index in [1.165, 1.54) is 17.4 Å².